The Bertz CT molecular complexity index is 1200. The third kappa shape index (κ3) is 3.92. The summed E-state index contributed by atoms with van der Waals surface area (Å²) in [4.78, 5) is 21.5. The zero-order valence-corrected chi connectivity index (χ0v) is 17.2. The minimum atomic E-state index is -0.252. The van der Waals surface area contributed by atoms with Gasteiger partial charge in [-0.2, -0.15) is 0 Å². The number of benzene rings is 2. The molecule has 0 saturated carbocycles. The third-order valence-corrected chi connectivity index (χ3v) is 5.11. The van der Waals surface area contributed by atoms with Gasteiger partial charge in [0.25, 0.3) is 5.91 Å². The van der Waals surface area contributed by atoms with E-state index in [1.54, 1.807) is 28.8 Å². The molecule has 0 saturated heterocycles. The molecular weight excluding hydrogens is 408 g/mol. The fourth-order valence-electron chi connectivity index (χ4n) is 2.88. The number of pyridine rings is 1. The lowest BCUT2D eigenvalue weighted by Gasteiger charge is -2.09. The molecule has 2 N–H and O–H groups in total. The molecule has 29 heavy (non-hydrogen) atoms. The number of carbonyl (C=O) groups is 1. The molecule has 2 aromatic heterocycles. The normalized spacial score (nSPS) is 10.9. The summed E-state index contributed by atoms with van der Waals surface area (Å²) in [5, 5.41) is 6.97. The van der Waals surface area contributed by atoms with Gasteiger partial charge in [0, 0.05) is 18.9 Å². The molecule has 2 heterocycles. The summed E-state index contributed by atoms with van der Waals surface area (Å²) in [6.07, 6.45) is 1.53. The Morgan fingerprint density at radius 2 is 1.79 bits per heavy atom. The number of para-hydroxylation sites is 1. The van der Waals surface area contributed by atoms with Gasteiger partial charge in [-0.3, -0.25) is 9.36 Å². The minimum absolute atomic E-state index is 0.252. The number of carbonyl (C=O) groups excluding carboxylic acids is 1. The van der Waals surface area contributed by atoms with Crippen molar-refractivity contribution in [2.75, 3.05) is 10.6 Å². The molecule has 0 radical (unpaired) electrons. The highest BCUT2D eigenvalue weighted by atomic mass is 35.5. The molecule has 6 nitrogen and oxygen atoms in total. The van der Waals surface area contributed by atoms with E-state index in [9.17, 15) is 4.79 Å². The summed E-state index contributed by atoms with van der Waals surface area (Å²) in [7, 11) is 3.81. The van der Waals surface area contributed by atoms with E-state index in [-0.39, 0.29) is 5.91 Å². The van der Waals surface area contributed by atoms with Crippen LogP contribution in [-0.4, -0.2) is 28.3 Å². The number of amides is 1. The van der Waals surface area contributed by atoms with Crippen LogP contribution >= 0.6 is 23.2 Å². The van der Waals surface area contributed by atoms with Crippen molar-refractivity contribution in [2.45, 2.75) is 0 Å². The third-order valence-electron chi connectivity index (χ3n) is 4.48. The minimum Gasteiger partial charge on any atom is -0.323 e. The zero-order valence-electron chi connectivity index (χ0n) is 15.7. The van der Waals surface area contributed by atoms with E-state index >= 15 is 0 Å². The van der Waals surface area contributed by atoms with Crippen LogP contribution < -0.4 is 16.1 Å². The highest BCUT2D eigenvalue weighted by Crippen LogP contribution is 2.32. The molecule has 0 atom stereocenters. The van der Waals surface area contributed by atoms with Gasteiger partial charge in [0.1, 0.15) is 13.4 Å². The summed E-state index contributed by atoms with van der Waals surface area (Å²) < 4.78 is 1.77. The van der Waals surface area contributed by atoms with Gasteiger partial charge in [-0.05, 0) is 30.3 Å². The van der Waals surface area contributed by atoms with Crippen molar-refractivity contribution in [1.29, 1.82) is 0 Å². The number of imidazole rings is 1. The maximum absolute atomic E-state index is 12.6. The summed E-state index contributed by atoms with van der Waals surface area (Å²) in [5.41, 5.74) is 4.03. The summed E-state index contributed by atoms with van der Waals surface area (Å²) >= 11 is 12.5. The van der Waals surface area contributed by atoms with Gasteiger partial charge in [-0.15, -0.1) is 0 Å². The number of hydrogen-bond donors (Lipinski definition) is 2. The van der Waals surface area contributed by atoms with Gasteiger partial charge < -0.3 is 10.6 Å². The number of fused-ring (bicyclic) bond motifs is 1. The Morgan fingerprint density at radius 1 is 1.10 bits per heavy atom. The maximum atomic E-state index is 12.6. The summed E-state index contributed by atoms with van der Waals surface area (Å²) in [6, 6.07) is 14.5. The van der Waals surface area contributed by atoms with Gasteiger partial charge in [-0.25, -0.2) is 9.97 Å². The first-order chi connectivity index (χ1) is 13.9. The molecule has 4 rings (SSSR count). The smallest absolute Gasteiger partial charge is 0.257 e. The molecule has 0 bridgehead atoms. The molecule has 0 fully saturated rings. The van der Waals surface area contributed by atoms with Crippen LogP contribution in [0, 0.1) is 0 Å². The van der Waals surface area contributed by atoms with E-state index in [0.29, 0.717) is 38.4 Å². The van der Waals surface area contributed by atoms with Crippen molar-refractivity contribution in [3.05, 3.63) is 70.3 Å². The van der Waals surface area contributed by atoms with Crippen molar-refractivity contribution in [1.82, 2.24) is 14.5 Å². The topological polar surface area (TPSA) is 71.8 Å². The van der Waals surface area contributed by atoms with Crippen LogP contribution in [0.4, 0.5) is 17.3 Å². The molecule has 1 amide bonds. The number of aromatic nitrogens is 3. The van der Waals surface area contributed by atoms with E-state index < -0.39 is 0 Å². The first-order valence-corrected chi connectivity index (χ1v) is 9.59. The Balaban J connectivity index is 1.63. The second-order valence-corrected chi connectivity index (χ2v) is 7.42. The van der Waals surface area contributed by atoms with Gasteiger partial charge in [-0.1, -0.05) is 46.9 Å². The van der Waals surface area contributed by atoms with Crippen LogP contribution in [0.5, 0.6) is 0 Å². The molecule has 9 heteroatoms. The predicted molar refractivity (Wildman–Crippen MR) is 121 cm³/mol. The van der Waals surface area contributed by atoms with Gasteiger partial charge in [0.15, 0.2) is 5.65 Å². The summed E-state index contributed by atoms with van der Waals surface area (Å²) in [5.74, 6) is 0.260. The molecule has 2 aromatic carbocycles. The molecule has 4 aromatic rings. The molecule has 144 valence electrons. The Hall–Kier alpha value is -3.03. The average Bonchev–Trinajstić information content (AvgIpc) is 3.01. The fourth-order valence-corrected chi connectivity index (χ4v) is 3.37. The molecule has 0 aliphatic carbocycles. The lowest BCUT2D eigenvalue weighted by Crippen LogP contribution is -2.13. The second-order valence-electron chi connectivity index (χ2n) is 6.60. The van der Waals surface area contributed by atoms with Gasteiger partial charge in [0.2, 0.25) is 5.95 Å². The Labute approximate surface area is 178 Å². The van der Waals surface area contributed by atoms with E-state index in [1.165, 1.54) is 6.20 Å². The number of anilines is 3. The zero-order chi connectivity index (χ0) is 20.5. The predicted octanol–water partition coefficient (Wildman–Crippen LogP) is 3.53. The van der Waals surface area contributed by atoms with E-state index in [1.807, 2.05) is 39.2 Å². The van der Waals surface area contributed by atoms with Crippen LogP contribution in [0.2, 0.25) is 10.0 Å². The van der Waals surface area contributed by atoms with Crippen molar-refractivity contribution >= 4 is 70.9 Å². The number of halogens is 2. The highest BCUT2D eigenvalue weighted by Gasteiger charge is 2.15. The number of rotatable bonds is 4. The molecule has 0 aliphatic heterocycles. The molecule has 0 spiro atoms. The lowest BCUT2D eigenvalue weighted by atomic mass is 9.96. The van der Waals surface area contributed by atoms with Crippen LogP contribution in [0.15, 0.2) is 54.7 Å². The average molecular weight is 424 g/mol. The molecular formula is C20H16BCl2N5O. The quantitative estimate of drug-likeness (QED) is 0.492. The number of aryl methyl sites for hydroxylation is 1. The second kappa shape index (κ2) is 7.77. The van der Waals surface area contributed by atoms with E-state index in [4.69, 9.17) is 23.2 Å². The number of hydrogen-bond acceptors (Lipinski definition) is 4. The van der Waals surface area contributed by atoms with Crippen LogP contribution in [-0.2, 0) is 7.05 Å². The van der Waals surface area contributed by atoms with Crippen molar-refractivity contribution in [2.24, 2.45) is 7.05 Å². The summed E-state index contributed by atoms with van der Waals surface area (Å²) in [6.45, 7) is 0. The largest absolute Gasteiger partial charge is 0.323 e. The highest BCUT2D eigenvalue weighted by molar-refractivity contribution is 6.39. The van der Waals surface area contributed by atoms with Crippen molar-refractivity contribution in [3.8, 4) is 0 Å². The lowest BCUT2D eigenvalue weighted by molar-refractivity contribution is 0.102. The first-order valence-electron chi connectivity index (χ1n) is 8.84. The Kier molecular flexibility index (Phi) is 5.17. The standard InChI is InChI=1S/C20H16BCl2N5O/c1-28-18-16(26-20(28)27-17-14(22)3-2-4-15(17)23)9-11(10-24-18)19(29)25-13-7-5-12(21)6-8-13/h2-10H,21H2,1H3,(H,25,29)(H,26,27). The van der Waals surface area contributed by atoms with Crippen LogP contribution in [0.25, 0.3) is 11.2 Å². The van der Waals surface area contributed by atoms with Crippen molar-refractivity contribution in [3.63, 3.8) is 0 Å². The number of nitrogens with zero attached hydrogens (tertiary/aromatic N) is 3. The number of nitrogens with one attached hydrogen (secondary N) is 2. The van der Waals surface area contributed by atoms with Gasteiger partial charge >= 0.3 is 0 Å². The Morgan fingerprint density at radius 3 is 2.48 bits per heavy atom. The van der Waals surface area contributed by atoms with Crippen LogP contribution in [0.3, 0.4) is 0 Å². The monoisotopic (exact) mass is 423 g/mol. The fraction of sp³-hybridized carbons (Fsp3) is 0.0500. The van der Waals surface area contributed by atoms with Crippen LogP contribution in [0.1, 0.15) is 10.4 Å². The maximum Gasteiger partial charge on any atom is 0.257 e. The molecule has 0 aliphatic rings. The first kappa shape index (κ1) is 19.3. The van der Waals surface area contributed by atoms with E-state index in [0.717, 1.165) is 11.2 Å². The van der Waals surface area contributed by atoms with Gasteiger partial charge in [0.05, 0.1) is 21.3 Å². The van der Waals surface area contributed by atoms with Crippen molar-refractivity contribution < 1.29 is 4.79 Å². The van der Waals surface area contributed by atoms with E-state index in [2.05, 4.69) is 20.6 Å². The SMILES string of the molecule is Bc1ccc(NC(=O)c2cnc3c(c2)nc(Nc2c(Cl)cccc2Cl)n3C)cc1. The molecule has 0 unspecified atom stereocenters.